The number of halogens is 1. The van der Waals surface area contributed by atoms with Crippen LogP contribution in [0.25, 0.3) is 0 Å². The topological polar surface area (TPSA) is 49.3 Å². The highest BCUT2D eigenvalue weighted by molar-refractivity contribution is 6.31. The Hall–Kier alpha value is -1.06. The van der Waals surface area contributed by atoms with E-state index in [4.69, 9.17) is 11.6 Å². The lowest BCUT2D eigenvalue weighted by molar-refractivity contribution is -0.139. The molecule has 18 heavy (non-hydrogen) atoms. The molecule has 0 bridgehead atoms. The number of rotatable bonds is 4. The summed E-state index contributed by atoms with van der Waals surface area (Å²) in [7, 11) is 0. The Kier molecular flexibility index (Phi) is 4.25. The molecule has 0 unspecified atom stereocenters. The van der Waals surface area contributed by atoms with E-state index < -0.39 is 5.60 Å². The SMILES string of the molecule is O=C(NCCc1ccccc1Cl)C1(O)CCCC1. The average Bonchev–Trinajstić information content (AvgIpc) is 2.80. The van der Waals surface area contributed by atoms with E-state index in [-0.39, 0.29) is 5.91 Å². The second kappa shape index (κ2) is 5.72. The van der Waals surface area contributed by atoms with E-state index in [2.05, 4.69) is 5.32 Å². The van der Waals surface area contributed by atoms with Gasteiger partial charge < -0.3 is 10.4 Å². The van der Waals surface area contributed by atoms with Gasteiger partial charge in [0, 0.05) is 11.6 Å². The van der Waals surface area contributed by atoms with Crippen molar-refractivity contribution >= 4 is 17.5 Å². The van der Waals surface area contributed by atoms with Crippen LogP contribution in [0.1, 0.15) is 31.2 Å². The molecule has 1 aliphatic carbocycles. The second-order valence-corrected chi connectivity index (χ2v) is 5.24. The third kappa shape index (κ3) is 3.03. The highest BCUT2D eigenvalue weighted by atomic mass is 35.5. The first kappa shape index (κ1) is 13.4. The quantitative estimate of drug-likeness (QED) is 0.880. The van der Waals surface area contributed by atoms with Crippen LogP contribution < -0.4 is 5.32 Å². The Morgan fingerprint density at radius 1 is 1.33 bits per heavy atom. The maximum absolute atomic E-state index is 11.8. The normalized spacial score (nSPS) is 17.7. The summed E-state index contributed by atoms with van der Waals surface area (Å²) in [5, 5.41) is 13.6. The van der Waals surface area contributed by atoms with E-state index in [0.717, 1.165) is 18.4 Å². The van der Waals surface area contributed by atoms with Gasteiger partial charge >= 0.3 is 0 Å². The Balaban J connectivity index is 1.82. The summed E-state index contributed by atoms with van der Waals surface area (Å²) in [5.41, 5.74) is -0.126. The van der Waals surface area contributed by atoms with Crippen LogP contribution in [-0.4, -0.2) is 23.2 Å². The van der Waals surface area contributed by atoms with Gasteiger partial charge in [-0.1, -0.05) is 29.8 Å². The zero-order valence-corrected chi connectivity index (χ0v) is 11.0. The molecule has 0 atom stereocenters. The summed E-state index contributed by atoms with van der Waals surface area (Å²) < 4.78 is 0. The van der Waals surface area contributed by atoms with Crippen LogP contribution in [0.15, 0.2) is 24.3 Å². The van der Waals surface area contributed by atoms with Gasteiger partial charge in [0.25, 0.3) is 5.91 Å². The van der Waals surface area contributed by atoms with E-state index in [0.29, 0.717) is 30.8 Å². The molecule has 1 aromatic carbocycles. The van der Waals surface area contributed by atoms with Crippen molar-refractivity contribution in [2.45, 2.75) is 37.7 Å². The number of carbonyl (C=O) groups is 1. The highest BCUT2D eigenvalue weighted by Gasteiger charge is 2.38. The summed E-state index contributed by atoms with van der Waals surface area (Å²) >= 11 is 6.03. The maximum atomic E-state index is 11.8. The van der Waals surface area contributed by atoms with Gasteiger partial charge in [0.15, 0.2) is 0 Å². The van der Waals surface area contributed by atoms with Crippen LogP contribution in [0.5, 0.6) is 0 Å². The first-order chi connectivity index (χ1) is 8.62. The van der Waals surface area contributed by atoms with E-state index >= 15 is 0 Å². The molecule has 1 fully saturated rings. The Morgan fingerprint density at radius 3 is 2.67 bits per heavy atom. The van der Waals surface area contributed by atoms with Crippen molar-refractivity contribution in [3.8, 4) is 0 Å². The molecule has 1 aliphatic rings. The lowest BCUT2D eigenvalue weighted by Crippen LogP contribution is -2.45. The first-order valence-electron chi connectivity index (χ1n) is 6.36. The second-order valence-electron chi connectivity index (χ2n) is 4.84. The molecule has 0 radical (unpaired) electrons. The van der Waals surface area contributed by atoms with Crippen molar-refractivity contribution in [3.63, 3.8) is 0 Å². The highest BCUT2D eigenvalue weighted by Crippen LogP contribution is 2.29. The van der Waals surface area contributed by atoms with E-state index in [1.807, 2.05) is 24.3 Å². The number of aliphatic hydroxyl groups is 1. The number of hydrogen-bond donors (Lipinski definition) is 2. The molecular formula is C14H18ClNO2. The van der Waals surface area contributed by atoms with Gasteiger partial charge in [0.1, 0.15) is 5.60 Å². The Labute approximate surface area is 112 Å². The number of amides is 1. The summed E-state index contributed by atoms with van der Waals surface area (Å²) in [4.78, 5) is 11.8. The number of nitrogens with one attached hydrogen (secondary N) is 1. The van der Waals surface area contributed by atoms with Gasteiger partial charge in [0.2, 0.25) is 0 Å². The molecule has 0 heterocycles. The van der Waals surface area contributed by atoms with E-state index in [9.17, 15) is 9.90 Å². The molecular weight excluding hydrogens is 250 g/mol. The van der Waals surface area contributed by atoms with Crippen LogP contribution in [0.2, 0.25) is 5.02 Å². The van der Waals surface area contributed by atoms with E-state index in [1.165, 1.54) is 0 Å². The van der Waals surface area contributed by atoms with Gasteiger partial charge in [-0.05, 0) is 43.7 Å². The minimum atomic E-state index is -1.14. The largest absolute Gasteiger partial charge is 0.380 e. The fraction of sp³-hybridized carbons (Fsp3) is 0.500. The molecule has 0 saturated heterocycles. The van der Waals surface area contributed by atoms with Crippen LogP contribution in [0.3, 0.4) is 0 Å². The fourth-order valence-corrected chi connectivity index (χ4v) is 2.59. The van der Waals surface area contributed by atoms with Gasteiger partial charge in [0.05, 0.1) is 0 Å². The molecule has 2 rings (SSSR count). The minimum absolute atomic E-state index is 0.243. The predicted molar refractivity (Wildman–Crippen MR) is 71.6 cm³/mol. The van der Waals surface area contributed by atoms with Crippen LogP contribution in [0.4, 0.5) is 0 Å². The monoisotopic (exact) mass is 267 g/mol. The van der Waals surface area contributed by atoms with Crippen molar-refractivity contribution in [1.82, 2.24) is 5.32 Å². The van der Waals surface area contributed by atoms with Crippen molar-refractivity contribution in [1.29, 1.82) is 0 Å². The van der Waals surface area contributed by atoms with E-state index in [1.54, 1.807) is 0 Å². The lowest BCUT2D eigenvalue weighted by Gasteiger charge is -2.20. The number of hydrogen-bond acceptors (Lipinski definition) is 2. The van der Waals surface area contributed by atoms with Crippen molar-refractivity contribution < 1.29 is 9.90 Å². The third-order valence-corrected chi connectivity index (χ3v) is 3.86. The smallest absolute Gasteiger partial charge is 0.251 e. The molecule has 2 N–H and O–H groups in total. The summed E-state index contributed by atoms with van der Waals surface area (Å²) in [5.74, 6) is -0.243. The molecule has 1 saturated carbocycles. The maximum Gasteiger partial charge on any atom is 0.251 e. The van der Waals surface area contributed by atoms with Crippen LogP contribution >= 0.6 is 11.6 Å². The molecule has 3 nitrogen and oxygen atoms in total. The zero-order chi connectivity index (χ0) is 13.0. The van der Waals surface area contributed by atoms with Crippen LogP contribution in [0, 0.1) is 0 Å². The van der Waals surface area contributed by atoms with Gasteiger partial charge in [-0.15, -0.1) is 0 Å². The molecule has 4 heteroatoms. The summed E-state index contributed by atoms with van der Waals surface area (Å²) in [6.45, 7) is 0.505. The molecule has 1 amide bonds. The minimum Gasteiger partial charge on any atom is -0.380 e. The molecule has 0 spiro atoms. The van der Waals surface area contributed by atoms with Crippen molar-refractivity contribution in [3.05, 3.63) is 34.9 Å². The Bertz CT molecular complexity index is 428. The third-order valence-electron chi connectivity index (χ3n) is 3.49. The molecule has 1 aromatic rings. The molecule has 98 valence electrons. The van der Waals surface area contributed by atoms with Crippen LogP contribution in [-0.2, 0) is 11.2 Å². The van der Waals surface area contributed by atoms with Gasteiger partial charge in [-0.2, -0.15) is 0 Å². The summed E-state index contributed by atoms with van der Waals surface area (Å²) in [6.07, 6.45) is 3.68. The standard InChI is InChI=1S/C14H18ClNO2/c15-12-6-2-1-5-11(12)7-10-16-13(17)14(18)8-3-4-9-14/h1-2,5-6,18H,3-4,7-10H2,(H,16,17). The Morgan fingerprint density at radius 2 is 2.00 bits per heavy atom. The average molecular weight is 268 g/mol. The number of carbonyl (C=O) groups excluding carboxylic acids is 1. The van der Waals surface area contributed by atoms with Gasteiger partial charge in [-0.25, -0.2) is 0 Å². The molecule has 0 aliphatic heterocycles. The predicted octanol–water partition coefficient (Wildman–Crippen LogP) is 2.30. The fourth-order valence-electron chi connectivity index (χ4n) is 2.36. The number of benzene rings is 1. The van der Waals surface area contributed by atoms with Gasteiger partial charge in [-0.3, -0.25) is 4.79 Å². The lowest BCUT2D eigenvalue weighted by atomic mass is 10.0. The first-order valence-corrected chi connectivity index (χ1v) is 6.74. The molecule has 0 aromatic heterocycles. The van der Waals surface area contributed by atoms with Crippen molar-refractivity contribution in [2.75, 3.05) is 6.54 Å². The van der Waals surface area contributed by atoms with Crippen molar-refractivity contribution in [2.24, 2.45) is 0 Å². The zero-order valence-electron chi connectivity index (χ0n) is 10.3. The summed E-state index contributed by atoms with van der Waals surface area (Å²) in [6, 6.07) is 7.58.